The van der Waals surface area contributed by atoms with Crippen molar-refractivity contribution in [1.29, 1.82) is 0 Å². The van der Waals surface area contributed by atoms with Crippen LogP contribution in [-0.4, -0.2) is 35.5 Å². The van der Waals surface area contributed by atoms with Crippen molar-refractivity contribution >= 4 is 17.5 Å². The zero-order valence-electron chi connectivity index (χ0n) is 18.8. The SMILES string of the molecule is O=C(NCC12CC3CC(CC(C3)C1)C2)c1cc(CCCNCCc2c[nH]cn2)ccc1Cl. The largest absolute Gasteiger partial charge is 0.351 e. The number of imidazole rings is 1. The third kappa shape index (κ3) is 5.04. The lowest BCUT2D eigenvalue weighted by Gasteiger charge is -2.56. The van der Waals surface area contributed by atoms with Gasteiger partial charge in [-0.2, -0.15) is 0 Å². The molecule has 0 radical (unpaired) electrons. The highest BCUT2D eigenvalue weighted by molar-refractivity contribution is 6.33. The summed E-state index contributed by atoms with van der Waals surface area (Å²) < 4.78 is 0. The normalized spacial score (nSPS) is 28.2. The first-order valence-corrected chi connectivity index (χ1v) is 12.7. The van der Waals surface area contributed by atoms with Crippen molar-refractivity contribution in [3.8, 4) is 0 Å². The van der Waals surface area contributed by atoms with Crippen LogP contribution in [0.1, 0.15) is 66.6 Å². The predicted octanol–water partition coefficient (Wildman–Crippen LogP) is 4.77. The summed E-state index contributed by atoms with van der Waals surface area (Å²) in [5.74, 6) is 2.69. The highest BCUT2D eigenvalue weighted by Gasteiger charge is 2.50. The van der Waals surface area contributed by atoms with E-state index in [4.69, 9.17) is 11.6 Å². The number of halogens is 1. The number of H-pyrrole nitrogens is 1. The van der Waals surface area contributed by atoms with E-state index in [2.05, 4.69) is 20.6 Å². The third-order valence-electron chi connectivity index (χ3n) is 8.00. The number of rotatable bonds is 10. The molecule has 1 aromatic carbocycles. The molecule has 3 N–H and O–H groups in total. The highest BCUT2D eigenvalue weighted by Crippen LogP contribution is 2.59. The molecule has 4 aliphatic rings. The minimum Gasteiger partial charge on any atom is -0.351 e. The van der Waals surface area contributed by atoms with Crippen LogP contribution in [0.15, 0.2) is 30.7 Å². The van der Waals surface area contributed by atoms with E-state index >= 15 is 0 Å². The quantitative estimate of drug-likeness (QED) is 0.453. The molecule has 4 fully saturated rings. The Bertz CT molecular complexity index is 891. The molecule has 4 saturated carbocycles. The van der Waals surface area contributed by atoms with Gasteiger partial charge in [0.15, 0.2) is 0 Å². The second-order valence-electron chi connectivity index (χ2n) is 10.6. The number of nitrogens with one attached hydrogen (secondary N) is 3. The van der Waals surface area contributed by atoms with Gasteiger partial charge in [-0.05, 0) is 98.8 Å². The average Bonchev–Trinajstić information content (AvgIpc) is 3.28. The van der Waals surface area contributed by atoms with Crippen LogP contribution in [0.4, 0.5) is 0 Å². The van der Waals surface area contributed by atoms with E-state index in [9.17, 15) is 4.79 Å². The number of aromatic amines is 1. The fourth-order valence-corrected chi connectivity index (χ4v) is 7.16. The zero-order chi connectivity index (χ0) is 22.0. The summed E-state index contributed by atoms with van der Waals surface area (Å²) in [5, 5.41) is 7.29. The predicted molar refractivity (Wildman–Crippen MR) is 128 cm³/mol. The monoisotopic (exact) mass is 454 g/mol. The Labute approximate surface area is 196 Å². The average molecular weight is 455 g/mol. The van der Waals surface area contributed by atoms with Gasteiger partial charge in [-0.1, -0.05) is 17.7 Å². The van der Waals surface area contributed by atoms with E-state index in [1.807, 2.05) is 24.4 Å². The number of hydrogen-bond acceptors (Lipinski definition) is 3. The van der Waals surface area contributed by atoms with Crippen LogP contribution in [0.5, 0.6) is 0 Å². The fraction of sp³-hybridized carbons (Fsp3) is 0.615. The molecule has 32 heavy (non-hydrogen) atoms. The lowest BCUT2D eigenvalue weighted by molar-refractivity contribution is -0.0503. The highest BCUT2D eigenvalue weighted by atomic mass is 35.5. The lowest BCUT2D eigenvalue weighted by atomic mass is 9.49. The number of carbonyl (C=O) groups excluding carboxylic acids is 1. The van der Waals surface area contributed by atoms with Crippen molar-refractivity contribution in [2.75, 3.05) is 19.6 Å². The second-order valence-corrected chi connectivity index (χ2v) is 11.0. The molecule has 1 heterocycles. The second kappa shape index (κ2) is 9.56. The standard InChI is InChI=1S/C26H35ClN4O/c27-24-4-3-18(2-1-6-28-7-5-22-15-29-17-31-22)11-23(24)25(32)30-16-26-12-19-8-20(13-26)10-21(9-19)14-26/h3-4,11,15,17,19-21,28H,1-2,5-10,12-14,16H2,(H,29,31)(H,30,32). The number of aromatic nitrogens is 2. The summed E-state index contributed by atoms with van der Waals surface area (Å²) in [7, 11) is 0. The first-order valence-electron chi connectivity index (χ1n) is 12.3. The Hall–Kier alpha value is -1.85. The van der Waals surface area contributed by atoms with E-state index < -0.39 is 0 Å². The summed E-state index contributed by atoms with van der Waals surface area (Å²) in [6, 6.07) is 5.91. The van der Waals surface area contributed by atoms with Crippen LogP contribution < -0.4 is 10.6 Å². The summed E-state index contributed by atoms with van der Waals surface area (Å²) in [4.78, 5) is 20.2. The molecule has 0 atom stereocenters. The number of carbonyl (C=O) groups is 1. The molecule has 0 unspecified atom stereocenters. The first kappa shape index (κ1) is 22.0. The van der Waals surface area contributed by atoms with Gasteiger partial charge in [0.05, 0.1) is 22.6 Å². The lowest BCUT2D eigenvalue weighted by Crippen LogP contribution is -2.51. The molecule has 1 aromatic heterocycles. The Morgan fingerprint density at radius 1 is 1.09 bits per heavy atom. The van der Waals surface area contributed by atoms with Crippen LogP contribution in [0, 0.1) is 23.2 Å². The molecule has 4 aliphatic carbocycles. The van der Waals surface area contributed by atoms with Crippen molar-refractivity contribution in [1.82, 2.24) is 20.6 Å². The van der Waals surface area contributed by atoms with Crippen LogP contribution in [0.3, 0.4) is 0 Å². The van der Waals surface area contributed by atoms with Crippen molar-refractivity contribution in [3.05, 3.63) is 52.6 Å². The van der Waals surface area contributed by atoms with Crippen LogP contribution >= 0.6 is 11.6 Å². The van der Waals surface area contributed by atoms with E-state index in [1.165, 1.54) is 44.1 Å². The minimum atomic E-state index is -0.00952. The molecule has 1 amide bonds. The van der Waals surface area contributed by atoms with Gasteiger partial charge >= 0.3 is 0 Å². The fourth-order valence-electron chi connectivity index (χ4n) is 6.96. The number of hydrogen-bond donors (Lipinski definition) is 3. The van der Waals surface area contributed by atoms with Crippen molar-refractivity contribution < 1.29 is 4.79 Å². The van der Waals surface area contributed by atoms with Gasteiger partial charge in [-0.3, -0.25) is 4.79 Å². The van der Waals surface area contributed by atoms with E-state index in [1.54, 1.807) is 6.33 Å². The summed E-state index contributed by atoms with van der Waals surface area (Å²) in [6.07, 6.45) is 14.7. The molecule has 0 aliphatic heterocycles. The zero-order valence-corrected chi connectivity index (χ0v) is 19.6. The van der Waals surface area contributed by atoms with Crippen LogP contribution in [0.25, 0.3) is 0 Å². The van der Waals surface area contributed by atoms with E-state index in [0.29, 0.717) is 16.0 Å². The number of benzene rings is 1. The first-order chi connectivity index (χ1) is 15.6. The molecular weight excluding hydrogens is 420 g/mol. The Balaban J connectivity index is 1.10. The number of amides is 1. The Morgan fingerprint density at radius 2 is 1.84 bits per heavy atom. The van der Waals surface area contributed by atoms with Gasteiger partial charge in [-0.25, -0.2) is 4.98 Å². The summed E-state index contributed by atoms with van der Waals surface area (Å²) in [6.45, 7) is 2.68. The van der Waals surface area contributed by atoms with Gasteiger partial charge < -0.3 is 15.6 Å². The Kier molecular flexibility index (Phi) is 6.56. The molecular formula is C26H35ClN4O. The molecule has 4 bridgehead atoms. The van der Waals surface area contributed by atoms with Crippen LogP contribution in [-0.2, 0) is 12.8 Å². The summed E-state index contributed by atoms with van der Waals surface area (Å²) >= 11 is 6.42. The van der Waals surface area contributed by atoms with Crippen molar-refractivity contribution in [2.45, 2.75) is 57.8 Å². The maximum absolute atomic E-state index is 13.0. The maximum Gasteiger partial charge on any atom is 0.252 e. The smallest absolute Gasteiger partial charge is 0.252 e. The molecule has 6 rings (SSSR count). The van der Waals surface area contributed by atoms with Crippen molar-refractivity contribution in [3.63, 3.8) is 0 Å². The van der Waals surface area contributed by atoms with E-state index in [-0.39, 0.29) is 5.91 Å². The van der Waals surface area contributed by atoms with Gasteiger partial charge in [0, 0.05) is 25.7 Å². The third-order valence-corrected chi connectivity index (χ3v) is 8.33. The van der Waals surface area contributed by atoms with Crippen LogP contribution in [0.2, 0.25) is 5.02 Å². The topological polar surface area (TPSA) is 69.8 Å². The van der Waals surface area contributed by atoms with Gasteiger partial charge in [0.2, 0.25) is 0 Å². The molecule has 172 valence electrons. The molecule has 6 heteroatoms. The number of aryl methyl sites for hydroxylation is 1. The maximum atomic E-state index is 13.0. The Morgan fingerprint density at radius 3 is 2.53 bits per heavy atom. The van der Waals surface area contributed by atoms with E-state index in [0.717, 1.165) is 62.3 Å². The van der Waals surface area contributed by atoms with Gasteiger partial charge in [0.1, 0.15) is 0 Å². The molecule has 0 saturated heterocycles. The molecule has 0 spiro atoms. The van der Waals surface area contributed by atoms with Crippen molar-refractivity contribution in [2.24, 2.45) is 23.2 Å². The molecule has 2 aromatic rings. The van der Waals surface area contributed by atoms with Gasteiger partial charge in [-0.15, -0.1) is 0 Å². The minimum absolute atomic E-state index is 0.00952. The summed E-state index contributed by atoms with van der Waals surface area (Å²) in [5.41, 5.74) is 3.22. The number of nitrogens with zero attached hydrogens (tertiary/aromatic N) is 1. The molecule has 5 nitrogen and oxygen atoms in total. The van der Waals surface area contributed by atoms with Gasteiger partial charge in [0.25, 0.3) is 5.91 Å².